The quantitative estimate of drug-likeness (QED) is 0.670. The molecule has 0 radical (unpaired) electrons. The van der Waals surface area contributed by atoms with E-state index >= 15 is 0 Å². The van der Waals surface area contributed by atoms with Crippen molar-refractivity contribution in [1.82, 2.24) is 10.3 Å². The third-order valence-corrected chi connectivity index (χ3v) is 3.25. The van der Waals surface area contributed by atoms with Gasteiger partial charge < -0.3 is 15.4 Å². The van der Waals surface area contributed by atoms with Crippen LogP contribution in [-0.4, -0.2) is 28.5 Å². The van der Waals surface area contributed by atoms with E-state index in [0.717, 1.165) is 6.42 Å². The molecule has 0 bridgehead atoms. The number of hydrogen-bond acceptors (Lipinski definition) is 3. The highest BCUT2D eigenvalue weighted by atomic mass is 16.4. The molecule has 0 aliphatic rings. The number of aliphatic carboxylic acids is 1. The Hall–Kier alpha value is -2.11. The Bertz CT molecular complexity index is 510. The Kier molecular flexibility index (Phi) is 6.49. The van der Waals surface area contributed by atoms with Crippen LogP contribution in [-0.2, 0) is 4.79 Å². The lowest BCUT2D eigenvalue weighted by molar-refractivity contribution is -0.137. The van der Waals surface area contributed by atoms with Gasteiger partial charge >= 0.3 is 5.97 Å². The largest absolute Gasteiger partial charge is 0.481 e. The average molecular weight is 280 g/mol. The first-order valence-corrected chi connectivity index (χ1v) is 6.71. The van der Waals surface area contributed by atoms with Gasteiger partial charge in [0.2, 0.25) is 0 Å². The van der Waals surface area contributed by atoms with E-state index < -0.39 is 11.9 Å². The number of carboxylic acids is 1. The fourth-order valence-electron chi connectivity index (χ4n) is 1.96. The molecule has 1 aromatic heterocycles. The van der Waals surface area contributed by atoms with Crippen LogP contribution in [0.15, 0.2) is 23.3 Å². The Morgan fingerprint density at radius 2 is 2.15 bits per heavy atom. The summed E-state index contributed by atoms with van der Waals surface area (Å²) in [5, 5.41) is 11.3. The highest BCUT2D eigenvalue weighted by molar-refractivity contribution is 5.93. The fourth-order valence-corrected chi connectivity index (χ4v) is 1.96. The molecular weight excluding hydrogens is 260 g/mol. The standard InChI is InChI=1S/C14H20N2O4/c1-2-10(3-4-13(18)19)5-8-16-14(20)11-9-15-7-6-12(11)17/h6-7,9-10H,2-5,8H2,1H3,(H,15,17)(H,16,20)(H,18,19). The van der Waals surface area contributed by atoms with Gasteiger partial charge in [-0.25, -0.2) is 0 Å². The summed E-state index contributed by atoms with van der Waals surface area (Å²) in [6.07, 6.45) is 5.17. The molecule has 1 rings (SSSR count). The topological polar surface area (TPSA) is 99.3 Å². The number of H-pyrrole nitrogens is 1. The van der Waals surface area contributed by atoms with Crippen LogP contribution in [0.5, 0.6) is 0 Å². The maximum atomic E-state index is 11.8. The van der Waals surface area contributed by atoms with E-state index in [1.807, 2.05) is 6.92 Å². The zero-order valence-corrected chi connectivity index (χ0v) is 11.5. The van der Waals surface area contributed by atoms with Gasteiger partial charge in [-0.15, -0.1) is 0 Å². The van der Waals surface area contributed by atoms with Gasteiger partial charge in [0, 0.05) is 31.4 Å². The first-order chi connectivity index (χ1) is 9.54. The van der Waals surface area contributed by atoms with E-state index in [1.165, 1.54) is 18.5 Å². The molecule has 0 spiro atoms. The van der Waals surface area contributed by atoms with Crippen molar-refractivity contribution in [2.45, 2.75) is 32.6 Å². The van der Waals surface area contributed by atoms with Crippen molar-refractivity contribution >= 4 is 11.9 Å². The number of amides is 1. The molecule has 0 aromatic carbocycles. The fraction of sp³-hybridized carbons (Fsp3) is 0.500. The second kappa shape index (κ2) is 8.14. The molecule has 0 fully saturated rings. The average Bonchev–Trinajstić information content (AvgIpc) is 2.42. The Morgan fingerprint density at radius 1 is 1.40 bits per heavy atom. The predicted molar refractivity (Wildman–Crippen MR) is 74.7 cm³/mol. The summed E-state index contributed by atoms with van der Waals surface area (Å²) in [6.45, 7) is 2.43. The molecule has 3 N–H and O–H groups in total. The van der Waals surface area contributed by atoms with E-state index in [1.54, 1.807) is 0 Å². The molecule has 1 atom stereocenters. The van der Waals surface area contributed by atoms with Crippen LogP contribution in [0.2, 0.25) is 0 Å². The summed E-state index contributed by atoms with van der Waals surface area (Å²) in [4.78, 5) is 36.4. The number of pyridine rings is 1. The second-order valence-corrected chi connectivity index (χ2v) is 4.67. The minimum Gasteiger partial charge on any atom is -0.481 e. The van der Waals surface area contributed by atoms with Crippen LogP contribution in [0.25, 0.3) is 0 Å². The van der Waals surface area contributed by atoms with Gasteiger partial charge in [0.15, 0.2) is 5.43 Å². The van der Waals surface area contributed by atoms with E-state index in [2.05, 4.69) is 10.3 Å². The van der Waals surface area contributed by atoms with Gasteiger partial charge in [0.05, 0.1) is 0 Å². The van der Waals surface area contributed by atoms with Crippen LogP contribution in [0.4, 0.5) is 0 Å². The Morgan fingerprint density at radius 3 is 2.75 bits per heavy atom. The lowest BCUT2D eigenvalue weighted by Crippen LogP contribution is -2.30. The van der Waals surface area contributed by atoms with Crippen LogP contribution in [0, 0.1) is 5.92 Å². The van der Waals surface area contributed by atoms with Crippen LogP contribution in [0.1, 0.15) is 43.0 Å². The predicted octanol–water partition coefficient (Wildman–Crippen LogP) is 1.39. The molecule has 20 heavy (non-hydrogen) atoms. The molecule has 6 nitrogen and oxygen atoms in total. The maximum absolute atomic E-state index is 11.8. The summed E-state index contributed by atoms with van der Waals surface area (Å²) >= 11 is 0. The van der Waals surface area contributed by atoms with Crippen molar-refractivity contribution in [2.24, 2.45) is 5.92 Å². The first kappa shape index (κ1) is 15.9. The minimum atomic E-state index is -0.802. The summed E-state index contributed by atoms with van der Waals surface area (Å²) in [6, 6.07) is 1.30. The van der Waals surface area contributed by atoms with Crippen molar-refractivity contribution < 1.29 is 14.7 Å². The molecule has 1 amide bonds. The highest BCUT2D eigenvalue weighted by Gasteiger charge is 2.12. The lowest BCUT2D eigenvalue weighted by atomic mass is 9.96. The van der Waals surface area contributed by atoms with E-state index in [-0.39, 0.29) is 23.3 Å². The number of aromatic amines is 1. The third-order valence-electron chi connectivity index (χ3n) is 3.25. The normalized spacial score (nSPS) is 11.8. The SMILES string of the molecule is CCC(CCNC(=O)c1c[nH]ccc1=O)CCC(=O)O. The smallest absolute Gasteiger partial charge is 0.303 e. The molecule has 1 aromatic rings. The molecule has 0 aliphatic carbocycles. The summed E-state index contributed by atoms with van der Waals surface area (Å²) in [7, 11) is 0. The van der Waals surface area contributed by atoms with Crippen LogP contribution < -0.4 is 10.7 Å². The summed E-state index contributed by atoms with van der Waals surface area (Å²) in [5.41, 5.74) is -0.231. The molecule has 0 aliphatic heterocycles. The van der Waals surface area contributed by atoms with E-state index in [0.29, 0.717) is 19.4 Å². The number of aromatic nitrogens is 1. The monoisotopic (exact) mass is 280 g/mol. The molecule has 1 heterocycles. The maximum Gasteiger partial charge on any atom is 0.303 e. The van der Waals surface area contributed by atoms with Crippen LogP contribution >= 0.6 is 0 Å². The molecular formula is C14H20N2O4. The minimum absolute atomic E-state index is 0.0890. The number of carbonyl (C=O) groups is 2. The van der Waals surface area contributed by atoms with Gasteiger partial charge in [-0.3, -0.25) is 14.4 Å². The van der Waals surface area contributed by atoms with Crippen molar-refractivity contribution in [2.75, 3.05) is 6.54 Å². The third kappa shape index (κ3) is 5.26. The summed E-state index contributed by atoms with van der Waals surface area (Å²) < 4.78 is 0. The number of nitrogens with one attached hydrogen (secondary N) is 2. The first-order valence-electron chi connectivity index (χ1n) is 6.71. The van der Waals surface area contributed by atoms with Crippen LogP contribution in [0.3, 0.4) is 0 Å². The van der Waals surface area contributed by atoms with Crippen molar-refractivity contribution in [3.8, 4) is 0 Å². The van der Waals surface area contributed by atoms with Gasteiger partial charge in [-0.05, 0) is 18.8 Å². The second-order valence-electron chi connectivity index (χ2n) is 4.67. The molecule has 1 unspecified atom stereocenters. The van der Waals surface area contributed by atoms with Crippen molar-refractivity contribution in [3.05, 3.63) is 34.2 Å². The van der Waals surface area contributed by atoms with Crippen molar-refractivity contribution in [1.29, 1.82) is 0 Å². The molecule has 110 valence electrons. The van der Waals surface area contributed by atoms with E-state index in [4.69, 9.17) is 5.11 Å². The zero-order valence-electron chi connectivity index (χ0n) is 11.5. The molecule has 6 heteroatoms. The number of rotatable bonds is 8. The van der Waals surface area contributed by atoms with Gasteiger partial charge in [-0.2, -0.15) is 0 Å². The van der Waals surface area contributed by atoms with Gasteiger partial charge in [-0.1, -0.05) is 13.3 Å². The number of carbonyl (C=O) groups excluding carboxylic acids is 1. The Balaban J connectivity index is 2.39. The Labute approximate surface area is 117 Å². The lowest BCUT2D eigenvalue weighted by Gasteiger charge is -2.13. The highest BCUT2D eigenvalue weighted by Crippen LogP contribution is 2.14. The number of carboxylic acid groups (broad SMARTS) is 1. The van der Waals surface area contributed by atoms with Gasteiger partial charge in [0.25, 0.3) is 5.91 Å². The molecule has 0 saturated heterocycles. The van der Waals surface area contributed by atoms with Crippen molar-refractivity contribution in [3.63, 3.8) is 0 Å². The van der Waals surface area contributed by atoms with Gasteiger partial charge in [0.1, 0.15) is 5.56 Å². The zero-order chi connectivity index (χ0) is 15.0. The molecule has 0 saturated carbocycles. The number of hydrogen-bond donors (Lipinski definition) is 3. The summed E-state index contributed by atoms with van der Waals surface area (Å²) in [5.74, 6) is -0.941. The van der Waals surface area contributed by atoms with E-state index in [9.17, 15) is 14.4 Å².